The second-order valence-electron chi connectivity index (χ2n) is 9.87. The van der Waals surface area contributed by atoms with E-state index in [1.807, 2.05) is 0 Å². The van der Waals surface area contributed by atoms with E-state index in [1.54, 1.807) is 23.1 Å². The Morgan fingerprint density at radius 3 is 2.38 bits per heavy atom. The molecule has 4 rings (SSSR count). The lowest BCUT2D eigenvalue weighted by molar-refractivity contribution is -0.137. The van der Waals surface area contributed by atoms with Gasteiger partial charge in [-0.25, -0.2) is 13.2 Å². The molecule has 1 heterocycles. The lowest BCUT2D eigenvalue weighted by Gasteiger charge is -2.41. The van der Waals surface area contributed by atoms with Crippen LogP contribution in [0.15, 0.2) is 59.5 Å². The number of halogens is 3. The maximum atomic E-state index is 13.3. The molecule has 9 nitrogen and oxygen atoms in total. The fourth-order valence-electron chi connectivity index (χ4n) is 5.42. The van der Waals surface area contributed by atoms with Gasteiger partial charge in [-0.2, -0.15) is 13.2 Å². The number of rotatable bonds is 7. The van der Waals surface area contributed by atoms with Crippen LogP contribution in [0.1, 0.15) is 41.6 Å². The smallest absolute Gasteiger partial charge is 0.352 e. The Morgan fingerprint density at radius 1 is 1.00 bits per heavy atom. The van der Waals surface area contributed by atoms with Crippen LogP contribution in [-0.2, 0) is 20.8 Å². The molecule has 4 N–H and O–H groups in total. The zero-order valence-electron chi connectivity index (χ0n) is 20.9. The van der Waals surface area contributed by atoms with Crippen LogP contribution in [-0.4, -0.2) is 61.6 Å². The molecule has 1 unspecified atom stereocenters. The Balaban J connectivity index is 1.50. The maximum Gasteiger partial charge on any atom is 0.416 e. The van der Waals surface area contributed by atoms with E-state index in [0.29, 0.717) is 12.8 Å². The third-order valence-electron chi connectivity index (χ3n) is 7.22. The second-order valence-corrected chi connectivity index (χ2v) is 11.9. The van der Waals surface area contributed by atoms with E-state index >= 15 is 0 Å². The van der Waals surface area contributed by atoms with E-state index in [4.69, 9.17) is 5.73 Å². The van der Waals surface area contributed by atoms with Crippen LogP contribution in [0, 0.1) is 5.92 Å². The minimum atomic E-state index is -4.62. The number of hydrogen-bond acceptors (Lipinski definition) is 5. The summed E-state index contributed by atoms with van der Waals surface area (Å²) in [6.45, 7) is 0.243. The highest BCUT2D eigenvalue weighted by molar-refractivity contribution is 7.91. The van der Waals surface area contributed by atoms with Crippen LogP contribution in [0.3, 0.4) is 0 Å². The number of amides is 4. The number of carbonyl (C=O) groups excluding carboxylic acids is 3. The van der Waals surface area contributed by atoms with Crippen molar-refractivity contribution in [3.63, 3.8) is 0 Å². The van der Waals surface area contributed by atoms with E-state index in [9.17, 15) is 36.0 Å². The summed E-state index contributed by atoms with van der Waals surface area (Å²) < 4.78 is 65.5. The van der Waals surface area contributed by atoms with Gasteiger partial charge in [0.05, 0.1) is 16.2 Å². The summed E-state index contributed by atoms with van der Waals surface area (Å²) in [5, 5.41) is 5.16. The van der Waals surface area contributed by atoms with Gasteiger partial charge in [-0.3, -0.25) is 9.59 Å². The third-order valence-corrected chi connectivity index (χ3v) is 9.08. The average molecular weight is 567 g/mol. The third kappa shape index (κ3) is 6.70. The van der Waals surface area contributed by atoms with E-state index < -0.39 is 57.4 Å². The SMILES string of the molecule is NC(=O)N[C@@H]1CC[C@H](N2CCC(NC(=O)c3cccc(C(F)(F)F)c3)C2=O)[C@H](CS(=O)(=O)c2ccccc2)C1. The lowest BCUT2D eigenvalue weighted by atomic mass is 9.81. The number of nitrogens with two attached hydrogens (primary N) is 1. The molecule has 0 bridgehead atoms. The van der Waals surface area contributed by atoms with Gasteiger partial charge in [-0.15, -0.1) is 0 Å². The molecule has 1 saturated heterocycles. The zero-order valence-corrected chi connectivity index (χ0v) is 21.7. The predicted molar refractivity (Wildman–Crippen MR) is 135 cm³/mol. The van der Waals surface area contributed by atoms with Crippen molar-refractivity contribution in [1.29, 1.82) is 0 Å². The quantitative estimate of drug-likeness (QED) is 0.473. The molecule has 1 saturated carbocycles. The van der Waals surface area contributed by atoms with Gasteiger partial charge in [0.25, 0.3) is 5.91 Å². The van der Waals surface area contributed by atoms with Gasteiger partial charge in [0.1, 0.15) is 6.04 Å². The van der Waals surface area contributed by atoms with E-state index in [1.165, 1.54) is 18.2 Å². The van der Waals surface area contributed by atoms with Crippen molar-refractivity contribution in [2.45, 2.75) is 54.9 Å². The van der Waals surface area contributed by atoms with Crippen molar-refractivity contribution < 1.29 is 36.0 Å². The highest BCUT2D eigenvalue weighted by Crippen LogP contribution is 2.34. The molecule has 4 amide bonds. The van der Waals surface area contributed by atoms with Crippen molar-refractivity contribution >= 4 is 27.7 Å². The van der Waals surface area contributed by atoms with Crippen molar-refractivity contribution in [2.24, 2.45) is 11.7 Å². The maximum absolute atomic E-state index is 13.3. The molecular weight excluding hydrogens is 537 g/mol. The zero-order chi connectivity index (χ0) is 28.4. The van der Waals surface area contributed by atoms with Crippen LogP contribution in [0.4, 0.5) is 18.0 Å². The summed E-state index contributed by atoms with van der Waals surface area (Å²) in [4.78, 5) is 39.1. The monoisotopic (exact) mass is 566 g/mol. The molecule has 2 fully saturated rings. The summed E-state index contributed by atoms with van der Waals surface area (Å²) in [5.74, 6) is -2.02. The Kier molecular flexibility index (Phi) is 8.19. The number of sulfone groups is 1. The van der Waals surface area contributed by atoms with E-state index in [2.05, 4.69) is 10.6 Å². The first-order valence-corrected chi connectivity index (χ1v) is 14.1. The summed E-state index contributed by atoms with van der Waals surface area (Å²) in [6.07, 6.45) is -3.24. The number of likely N-dealkylation sites (tertiary alicyclic amines) is 1. The summed E-state index contributed by atoms with van der Waals surface area (Å²) in [6, 6.07) is 9.34. The highest BCUT2D eigenvalue weighted by Gasteiger charge is 2.44. The van der Waals surface area contributed by atoms with Gasteiger partial charge in [-0.05, 0) is 61.9 Å². The van der Waals surface area contributed by atoms with Crippen molar-refractivity contribution in [3.05, 3.63) is 65.7 Å². The van der Waals surface area contributed by atoms with Crippen molar-refractivity contribution in [3.8, 4) is 0 Å². The van der Waals surface area contributed by atoms with Crippen LogP contribution in [0.25, 0.3) is 0 Å². The number of nitrogens with one attached hydrogen (secondary N) is 2. The molecule has 1 aliphatic carbocycles. The largest absolute Gasteiger partial charge is 0.416 e. The van der Waals surface area contributed by atoms with Gasteiger partial charge in [0.2, 0.25) is 5.91 Å². The molecule has 0 aromatic heterocycles. The second kappa shape index (κ2) is 11.2. The Hall–Kier alpha value is -3.61. The van der Waals surface area contributed by atoms with Gasteiger partial charge in [-0.1, -0.05) is 24.3 Å². The Bertz CT molecular complexity index is 1340. The van der Waals surface area contributed by atoms with E-state index in [0.717, 1.165) is 18.2 Å². The highest BCUT2D eigenvalue weighted by atomic mass is 32.2. The Morgan fingerprint density at radius 2 is 1.72 bits per heavy atom. The molecule has 4 atom stereocenters. The van der Waals surface area contributed by atoms with Crippen LogP contribution in [0.5, 0.6) is 0 Å². The van der Waals surface area contributed by atoms with Crippen LogP contribution in [0.2, 0.25) is 0 Å². The molecule has 0 radical (unpaired) electrons. The molecule has 13 heteroatoms. The van der Waals surface area contributed by atoms with Gasteiger partial charge >= 0.3 is 12.2 Å². The van der Waals surface area contributed by atoms with Gasteiger partial charge in [0.15, 0.2) is 9.84 Å². The topological polar surface area (TPSA) is 139 Å². The van der Waals surface area contributed by atoms with Gasteiger partial charge < -0.3 is 21.3 Å². The fraction of sp³-hybridized carbons (Fsp3) is 0.423. The number of hydrogen-bond donors (Lipinski definition) is 3. The molecule has 210 valence electrons. The summed E-state index contributed by atoms with van der Waals surface area (Å²) in [5.41, 5.74) is 4.08. The molecule has 0 spiro atoms. The standard InChI is InChI=1S/C26H29F3N4O5S/c27-26(28,29)18-6-4-5-16(13-18)23(34)32-21-11-12-33(24(21)35)22-10-9-19(31-25(30)36)14-17(22)15-39(37,38)20-7-2-1-3-8-20/h1-8,13,17,19,21-22H,9-12,14-15H2,(H,32,34)(H3,30,31,36)/t17-,19+,21?,22-/m0/s1. The minimum absolute atomic E-state index is 0.146. The molecule has 2 aromatic carbocycles. The minimum Gasteiger partial charge on any atom is -0.352 e. The molecule has 2 aliphatic rings. The summed E-state index contributed by atoms with van der Waals surface area (Å²) >= 11 is 0. The first-order chi connectivity index (χ1) is 18.3. The fourth-order valence-corrected chi connectivity index (χ4v) is 7.11. The van der Waals surface area contributed by atoms with Crippen molar-refractivity contribution in [2.75, 3.05) is 12.3 Å². The number of carbonyl (C=O) groups is 3. The first-order valence-electron chi connectivity index (χ1n) is 12.5. The normalized spacial score (nSPS) is 23.9. The van der Waals surface area contributed by atoms with Crippen LogP contribution >= 0.6 is 0 Å². The average Bonchev–Trinajstić information content (AvgIpc) is 3.23. The number of primary amides is 1. The molecule has 39 heavy (non-hydrogen) atoms. The molecular formula is C26H29F3N4O5S. The molecule has 1 aliphatic heterocycles. The number of benzene rings is 2. The van der Waals surface area contributed by atoms with Crippen molar-refractivity contribution in [1.82, 2.24) is 15.5 Å². The Labute approximate surface area is 223 Å². The number of urea groups is 1. The summed E-state index contributed by atoms with van der Waals surface area (Å²) in [7, 11) is -3.72. The van der Waals surface area contributed by atoms with Gasteiger partial charge in [0, 0.05) is 24.2 Å². The predicted octanol–water partition coefficient (Wildman–Crippen LogP) is 2.72. The molecule has 2 aromatic rings. The van der Waals surface area contributed by atoms with E-state index in [-0.39, 0.29) is 41.6 Å². The first kappa shape index (κ1) is 28.4. The number of nitrogens with zero attached hydrogens (tertiary/aromatic N) is 1. The lowest BCUT2D eigenvalue weighted by Crippen LogP contribution is -2.53. The number of alkyl halides is 3. The van der Waals surface area contributed by atoms with Crippen LogP contribution < -0.4 is 16.4 Å².